The van der Waals surface area contributed by atoms with E-state index in [4.69, 9.17) is 16.3 Å². The Morgan fingerprint density at radius 1 is 1.25 bits per heavy atom. The van der Waals surface area contributed by atoms with Crippen LogP contribution in [0.4, 0.5) is 5.82 Å². The number of anilines is 1. The van der Waals surface area contributed by atoms with Crippen LogP contribution in [0.5, 0.6) is 0 Å². The summed E-state index contributed by atoms with van der Waals surface area (Å²) in [6.45, 7) is 13.7. The lowest BCUT2D eigenvalue weighted by molar-refractivity contribution is 0.0845. The van der Waals surface area contributed by atoms with Gasteiger partial charge in [0.05, 0.1) is 12.7 Å². The van der Waals surface area contributed by atoms with Gasteiger partial charge >= 0.3 is 0 Å². The minimum Gasteiger partial charge on any atom is -0.377 e. The van der Waals surface area contributed by atoms with Crippen molar-refractivity contribution < 1.29 is 4.74 Å². The number of rotatable bonds is 5. The molecule has 20 heavy (non-hydrogen) atoms. The lowest BCUT2D eigenvalue weighted by Gasteiger charge is -2.24. The topological polar surface area (TPSA) is 38.2 Å². The largest absolute Gasteiger partial charge is 0.377 e. The molecule has 114 valence electrons. The Kier molecular flexibility index (Phi) is 5.78. The van der Waals surface area contributed by atoms with E-state index in [0.717, 1.165) is 23.8 Å². The second-order valence-corrected chi connectivity index (χ2v) is 6.74. The fourth-order valence-electron chi connectivity index (χ4n) is 1.72. The van der Waals surface area contributed by atoms with Gasteiger partial charge in [0.15, 0.2) is 0 Å². The zero-order valence-corrected chi connectivity index (χ0v) is 14.4. The molecule has 0 amide bonds. The van der Waals surface area contributed by atoms with Gasteiger partial charge in [-0.3, -0.25) is 0 Å². The van der Waals surface area contributed by atoms with Crippen LogP contribution in [0.15, 0.2) is 0 Å². The molecule has 0 bridgehead atoms. The van der Waals surface area contributed by atoms with Crippen LogP contribution >= 0.6 is 11.6 Å². The lowest BCUT2D eigenvalue weighted by atomic mass is 9.95. The molecule has 0 N–H and O–H groups in total. The van der Waals surface area contributed by atoms with Crippen LogP contribution < -0.4 is 4.90 Å². The fourth-order valence-corrected chi connectivity index (χ4v) is 1.88. The Morgan fingerprint density at radius 2 is 1.85 bits per heavy atom. The highest BCUT2D eigenvalue weighted by atomic mass is 35.5. The summed E-state index contributed by atoms with van der Waals surface area (Å²) in [7, 11) is 2.00. The molecule has 0 fully saturated rings. The summed E-state index contributed by atoms with van der Waals surface area (Å²) in [5, 5.41) is 0.525. The van der Waals surface area contributed by atoms with E-state index < -0.39 is 0 Å². The average Bonchev–Trinajstić information content (AvgIpc) is 2.30. The summed E-state index contributed by atoms with van der Waals surface area (Å²) >= 11 is 6.24. The third-order valence-electron chi connectivity index (χ3n) is 2.97. The van der Waals surface area contributed by atoms with Crippen LogP contribution in [0.3, 0.4) is 0 Å². The Bertz CT molecular complexity index is 455. The normalized spacial score (nSPS) is 12.1. The maximum atomic E-state index is 6.24. The van der Waals surface area contributed by atoms with Crippen molar-refractivity contribution in [3.05, 3.63) is 16.5 Å². The molecule has 1 aromatic rings. The van der Waals surface area contributed by atoms with E-state index >= 15 is 0 Å². The van der Waals surface area contributed by atoms with E-state index in [9.17, 15) is 0 Å². The first-order valence-electron chi connectivity index (χ1n) is 7.00. The molecule has 0 spiro atoms. The summed E-state index contributed by atoms with van der Waals surface area (Å²) < 4.78 is 5.58. The number of hydrogen-bond donors (Lipinski definition) is 0. The van der Waals surface area contributed by atoms with Crippen LogP contribution in [0.2, 0.25) is 5.15 Å². The monoisotopic (exact) mass is 299 g/mol. The first kappa shape index (κ1) is 17.2. The van der Waals surface area contributed by atoms with Gasteiger partial charge in [-0.05, 0) is 20.8 Å². The predicted octanol–water partition coefficient (Wildman–Crippen LogP) is 3.60. The Labute approximate surface area is 127 Å². The number of aromatic nitrogens is 2. The van der Waals surface area contributed by atoms with Crippen LogP contribution in [0, 0.1) is 6.92 Å². The van der Waals surface area contributed by atoms with Gasteiger partial charge in [0.1, 0.15) is 16.8 Å². The van der Waals surface area contributed by atoms with Crippen molar-refractivity contribution in [3.63, 3.8) is 0 Å². The van der Waals surface area contributed by atoms with Crippen LogP contribution in [0.1, 0.15) is 46.0 Å². The molecule has 0 radical (unpaired) electrons. The van der Waals surface area contributed by atoms with E-state index in [1.807, 2.05) is 27.8 Å². The molecule has 0 saturated heterocycles. The van der Waals surface area contributed by atoms with E-state index in [1.54, 1.807) is 0 Å². The highest BCUT2D eigenvalue weighted by Gasteiger charge is 2.21. The maximum absolute atomic E-state index is 6.24. The number of likely N-dealkylation sites (N-methyl/N-ethyl adjacent to an activating group) is 1. The quantitative estimate of drug-likeness (QED) is 0.779. The molecule has 1 rings (SSSR count). The molecule has 0 aromatic carbocycles. The van der Waals surface area contributed by atoms with Gasteiger partial charge in [-0.1, -0.05) is 32.4 Å². The predicted molar refractivity (Wildman–Crippen MR) is 84.8 cm³/mol. The SMILES string of the molecule is Cc1c(Cl)nc(C(C)(C)C)nc1N(C)CCOC(C)C. The van der Waals surface area contributed by atoms with E-state index in [-0.39, 0.29) is 11.5 Å². The molecule has 0 atom stereocenters. The van der Waals surface area contributed by atoms with Crippen molar-refractivity contribution >= 4 is 17.4 Å². The van der Waals surface area contributed by atoms with Crippen LogP contribution in [-0.2, 0) is 10.2 Å². The van der Waals surface area contributed by atoms with Gasteiger partial charge in [-0.25, -0.2) is 9.97 Å². The maximum Gasteiger partial charge on any atom is 0.137 e. The summed E-state index contributed by atoms with van der Waals surface area (Å²) in [6, 6.07) is 0. The van der Waals surface area contributed by atoms with Crippen molar-refractivity contribution in [1.29, 1.82) is 0 Å². The van der Waals surface area contributed by atoms with Gasteiger partial charge in [-0.15, -0.1) is 0 Å². The summed E-state index contributed by atoms with van der Waals surface area (Å²) in [5.74, 6) is 1.64. The minimum absolute atomic E-state index is 0.124. The van der Waals surface area contributed by atoms with Gasteiger partial charge < -0.3 is 9.64 Å². The van der Waals surface area contributed by atoms with Crippen LogP contribution in [-0.4, -0.2) is 36.3 Å². The number of ether oxygens (including phenoxy) is 1. The molecule has 1 aromatic heterocycles. The van der Waals surface area contributed by atoms with Crippen molar-refractivity contribution in [3.8, 4) is 0 Å². The molecule has 1 heterocycles. The van der Waals surface area contributed by atoms with Crippen molar-refractivity contribution in [2.24, 2.45) is 0 Å². The third-order valence-corrected chi connectivity index (χ3v) is 3.34. The summed E-state index contributed by atoms with van der Waals surface area (Å²) in [4.78, 5) is 11.1. The second-order valence-electron chi connectivity index (χ2n) is 6.38. The zero-order valence-electron chi connectivity index (χ0n) is 13.6. The van der Waals surface area contributed by atoms with E-state index in [0.29, 0.717) is 11.8 Å². The number of hydrogen-bond acceptors (Lipinski definition) is 4. The summed E-state index contributed by atoms with van der Waals surface area (Å²) in [6.07, 6.45) is 0.239. The Morgan fingerprint density at radius 3 is 2.35 bits per heavy atom. The summed E-state index contributed by atoms with van der Waals surface area (Å²) in [5.41, 5.74) is 0.785. The molecule has 0 aliphatic carbocycles. The second kappa shape index (κ2) is 6.72. The first-order valence-corrected chi connectivity index (χ1v) is 7.38. The van der Waals surface area contributed by atoms with Gasteiger partial charge in [0.25, 0.3) is 0 Å². The molecular formula is C15H26ClN3O. The van der Waals surface area contributed by atoms with Gasteiger partial charge in [-0.2, -0.15) is 0 Å². The van der Waals surface area contributed by atoms with Crippen molar-refractivity contribution in [1.82, 2.24) is 9.97 Å². The third kappa shape index (κ3) is 4.60. The van der Waals surface area contributed by atoms with Gasteiger partial charge in [0.2, 0.25) is 0 Å². The van der Waals surface area contributed by atoms with Crippen molar-refractivity contribution in [2.75, 3.05) is 25.1 Å². The first-order chi connectivity index (χ1) is 9.12. The van der Waals surface area contributed by atoms with E-state index in [1.165, 1.54) is 0 Å². The minimum atomic E-state index is -0.124. The highest BCUT2D eigenvalue weighted by molar-refractivity contribution is 6.30. The lowest BCUT2D eigenvalue weighted by Crippen LogP contribution is -2.27. The molecule has 0 aliphatic rings. The smallest absolute Gasteiger partial charge is 0.137 e. The van der Waals surface area contributed by atoms with Crippen molar-refractivity contribution in [2.45, 2.75) is 53.1 Å². The molecule has 0 unspecified atom stereocenters. The molecule has 4 nitrogen and oxygen atoms in total. The molecule has 5 heteroatoms. The zero-order chi connectivity index (χ0) is 15.5. The fraction of sp³-hybridized carbons (Fsp3) is 0.733. The standard InChI is InChI=1S/C15H26ClN3O/c1-10(2)20-9-8-19(7)13-11(3)12(16)17-14(18-13)15(4,5)6/h10H,8-9H2,1-7H3. The highest BCUT2D eigenvalue weighted by Crippen LogP contribution is 2.27. The molecule has 0 aliphatic heterocycles. The van der Waals surface area contributed by atoms with Crippen LogP contribution in [0.25, 0.3) is 0 Å². The Hall–Kier alpha value is -0.870. The van der Waals surface area contributed by atoms with E-state index in [2.05, 4.69) is 35.6 Å². The number of nitrogens with zero attached hydrogens (tertiary/aromatic N) is 3. The molecular weight excluding hydrogens is 274 g/mol. The average molecular weight is 300 g/mol. The number of halogens is 1. The molecule has 0 saturated carbocycles. The Balaban J connectivity index is 2.95. The van der Waals surface area contributed by atoms with Gasteiger partial charge in [0, 0.05) is 24.6 Å².